The van der Waals surface area contributed by atoms with Crippen LogP contribution in [0.4, 0.5) is 0 Å². The smallest absolute Gasteiger partial charge is 0.266 e. The van der Waals surface area contributed by atoms with E-state index in [2.05, 4.69) is 29.2 Å². The molecule has 0 aromatic heterocycles. The van der Waals surface area contributed by atoms with E-state index in [0.29, 0.717) is 6.54 Å². The number of carbonyl (C=O) groups excluding carboxylic acids is 1. The van der Waals surface area contributed by atoms with E-state index in [4.69, 9.17) is 0 Å². The Morgan fingerprint density at radius 3 is 2.48 bits per heavy atom. The molecule has 1 amide bonds. The number of benzene rings is 2. The van der Waals surface area contributed by atoms with Gasteiger partial charge in [0.1, 0.15) is 11.6 Å². The lowest BCUT2D eigenvalue weighted by Crippen LogP contribution is -2.38. The molecule has 2 aromatic carbocycles. The van der Waals surface area contributed by atoms with Crippen molar-refractivity contribution in [3.05, 3.63) is 83.1 Å². The molecule has 2 aromatic rings. The van der Waals surface area contributed by atoms with Crippen LogP contribution in [0, 0.1) is 11.3 Å². The highest BCUT2D eigenvalue weighted by Gasteiger charge is 2.23. The van der Waals surface area contributed by atoms with Crippen LogP contribution >= 0.6 is 0 Å². The van der Waals surface area contributed by atoms with Crippen molar-refractivity contribution in [1.82, 2.24) is 9.80 Å². The predicted octanol–water partition coefficient (Wildman–Crippen LogP) is 3.89. The molecule has 138 valence electrons. The van der Waals surface area contributed by atoms with Crippen LogP contribution in [-0.2, 0) is 24.3 Å². The van der Waals surface area contributed by atoms with Gasteiger partial charge in [-0.2, -0.15) is 5.26 Å². The second kappa shape index (κ2) is 8.55. The van der Waals surface area contributed by atoms with Crippen LogP contribution in [0.15, 0.2) is 66.4 Å². The van der Waals surface area contributed by atoms with Crippen molar-refractivity contribution in [2.24, 2.45) is 0 Å². The van der Waals surface area contributed by atoms with Crippen LogP contribution < -0.4 is 0 Å². The van der Waals surface area contributed by atoms with Gasteiger partial charge in [-0.1, -0.05) is 54.6 Å². The summed E-state index contributed by atoms with van der Waals surface area (Å²) in [5.74, 6) is -0.213. The van der Waals surface area contributed by atoms with Crippen molar-refractivity contribution in [2.45, 2.75) is 39.4 Å². The van der Waals surface area contributed by atoms with Gasteiger partial charge in [0.05, 0.1) is 0 Å². The topological polar surface area (TPSA) is 47.3 Å². The summed E-state index contributed by atoms with van der Waals surface area (Å²) >= 11 is 0. The van der Waals surface area contributed by atoms with Crippen molar-refractivity contribution in [2.75, 3.05) is 6.54 Å². The maximum absolute atomic E-state index is 13.0. The van der Waals surface area contributed by atoms with Gasteiger partial charge in [0, 0.05) is 31.9 Å². The predicted molar refractivity (Wildman–Crippen MR) is 106 cm³/mol. The first-order valence-electron chi connectivity index (χ1n) is 9.36. The van der Waals surface area contributed by atoms with Gasteiger partial charge in [-0.3, -0.25) is 4.79 Å². The van der Waals surface area contributed by atoms with Crippen molar-refractivity contribution in [1.29, 1.82) is 5.26 Å². The molecule has 0 N–H and O–H groups in total. The maximum Gasteiger partial charge on any atom is 0.266 e. The molecule has 4 nitrogen and oxygen atoms in total. The second-order valence-electron chi connectivity index (χ2n) is 7.16. The van der Waals surface area contributed by atoms with Gasteiger partial charge in [0.25, 0.3) is 5.91 Å². The van der Waals surface area contributed by atoms with E-state index in [0.717, 1.165) is 25.1 Å². The summed E-state index contributed by atoms with van der Waals surface area (Å²) in [4.78, 5) is 16.9. The van der Waals surface area contributed by atoms with Crippen LogP contribution in [0.3, 0.4) is 0 Å². The zero-order valence-corrected chi connectivity index (χ0v) is 15.9. The van der Waals surface area contributed by atoms with E-state index < -0.39 is 0 Å². The number of rotatable bonds is 5. The Morgan fingerprint density at radius 1 is 1.15 bits per heavy atom. The molecule has 0 fully saturated rings. The highest BCUT2D eigenvalue weighted by atomic mass is 16.2. The van der Waals surface area contributed by atoms with Crippen molar-refractivity contribution < 1.29 is 4.79 Å². The minimum absolute atomic E-state index is 0.0107. The molecule has 0 radical (unpaired) electrons. The van der Waals surface area contributed by atoms with Gasteiger partial charge >= 0.3 is 0 Å². The zero-order chi connectivity index (χ0) is 19.2. The Balaban J connectivity index is 1.78. The van der Waals surface area contributed by atoms with Crippen molar-refractivity contribution >= 4 is 5.91 Å². The highest BCUT2D eigenvalue weighted by Crippen LogP contribution is 2.20. The van der Waals surface area contributed by atoms with Gasteiger partial charge < -0.3 is 9.80 Å². The summed E-state index contributed by atoms with van der Waals surface area (Å²) in [5.41, 5.74) is 3.86. The minimum atomic E-state index is -0.213. The fourth-order valence-electron chi connectivity index (χ4n) is 3.37. The third kappa shape index (κ3) is 4.57. The number of fused-ring (bicyclic) bond motifs is 1. The Kier molecular flexibility index (Phi) is 5.93. The van der Waals surface area contributed by atoms with Crippen LogP contribution in [0.5, 0.6) is 0 Å². The van der Waals surface area contributed by atoms with Crippen LogP contribution in [0.25, 0.3) is 0 Å². The average Bonchev–Trinajstić information content (AvgIpc) is 2.70. The van der Waals surface area contributed by atoms with Crippen LogP contribution in [-0.4, -0.2) is 28.3 Å². The van der Waals surface area contributed by atoms with Gasteiger partial charge in [-0.25, -0.2) is 0 Å². The fraction of sp³-hybridized carbons (Fsp3) is 0.304. The Morgan fingerprint density at radius 2 is 1.81 bits per heavy atom. The number of carbonyl (C=O) groups is 1. The van der Waals surface area contributed by atoms with Gasteiger partial charge in [-0.05, 0) is 37.0 Å². The fourth-order valence-corrected chi connectivity index (χ4v) is 3.37. The number of amides is 1. The molecule has 0 unspecified atom stereocenters. The first kappa shape index (κ1) is 18.7. The monoisotopic (exact) mass is 359 g/mol. The summed E-state index contributed by atoms with van der Waals surface area (Å²) in [6.45, 7) is 6.00. The lowest BCUT2D eigenvalue weighted by Gasteiger charge is -2.30. The van der Waals surface area contributed by atoms with Gasteiger partial charge in [0.15, 0.2) is 0 Å². The quantitative estimate of drug-likeness (QED) is 0.601. The lowest BCUT2D eigenvalue weighted by atomic mass is 10.00. The molecular weight excluding hydrogens is 334 g/mol. The number of hydrogen-bond acceptors (Lipinski definition) is 3. The summed E-state index contributed by atoms with van der Waals surface area (Å²) in [6.07, 6.45) is 2.66. The Labute approximate surface area is 161 Å². The van der Waals surface area contributed by atoms with E-state index in [1.54, 1.807) is 11.1 Å². The van der Waals surface area contributed by atoms with E-state index in [1.807, 2.05) is 50.2 Å². The summed E-state index contributed by atoms with van der Waals surface area (Å²) in [5, 5.41) is 9.63. The van der Waals surface area contributed by atoms with Gasteiger partial charge in [0.2, 0.25) is 0 Å². The molecule has 1 aliphatic heterocycles. The standard InChI is InChI=1S/C23H25N3O/c1-18(2)26(15-19-8-4-3-5-9-19)23(27)22(14-24)17-25-13-12-20-10-6-7-11-21(20)16-25/h3-11,17-18H,12-13,15-16H2,1-2H3/b22-17-. The molecule has 0 saturated heterocycles. The number of hydrogen-bond donors (Lipinski definition) is 0. The van der Waals surface area contributed by atoms with E-state index in [-0.39, 0.29) is 17.5 Å². The zero-order valence-electron chi connectivity index (χ0n) is 15.9. The molecule has 27 heavy (non-hydrogen) atoms. The molecule has 1 heterocycles. The first-order valence-corrected chi connectivity index (χ1v) is 9.36. The minimum Gasteiger partial charge on any atom is -0.371 e. The lowest BCUT2D eigenvalue weighted by molar-refractivity contribution is -0.129. The third-order valence-corrected chi connectivity index (χ3v) is 4.90. The average molecular weight is 359 g/mol. The molecule has 0 saturated carbocycles. The largest absolute Gasteiger partial charge is 0.371 e. The SMILES string of the molecule is CC(C)N(Cc1ccccc1)C(=O)/C(C#N)=C\N1CCc2ccccc2C1. The van der Waals surface area contributed by atoms with Crippen molar-refractivity contribution in [3.8, 4) is 6.07 Å². The number of nitrogens with zero attached hydrogens (tertiary/aromatic N) is 3. The number of nitriles is 1. The normalized spacial score (nSPS) is 13.9. The molecule has 0 bridgehead atoms. The first-order chi connectivity index (χ1) is 13.1. The molecule has 1 aliphatic rings. The summed E-state index contributed by atoms with van der Waals surface area (Å²) in [7, 11) is 0. The van der Waals surface area contributed by atoms with Crippen molar-refractivity contribution in [3.63, 3.8) is 0 Å². The highest BCUT2D eigenvalue weighted by molar-refractivity contribution is 5.97. The Bertz CT molecular complexity index is 865. The van der Waals surface area contributed by atoms with E-state index in [9.17, 15) is 10.1 Å². The molecular formula is C23H25N3O. The second-order valence-corrected chi connectivity index (χ2v) is 7.16. The van der Waals surface area contributed by atoms with E-state index >= 15 is 0 Å². The molecule has 4 heteroatoms. The summed E-state index contributed by atoms with van der Waals surface area (Å²) < 4.78 is 0. The Hall–Kier alpha value is -3.06. The molecule has 3 rings (SSSR count). The van der Waals surface area contributed by atoms with Crippen LogP contribution in [0.1, 0.15) is 30.5 Å². The molecule has 0 aliphatic carbocycles. The third-order valence-electron chi connectivity index (χ3n) is 4.90. The maximum atomic E-state index is 13.0. The molecule has 0 atom stereocenters. The van der Waals surface area contributed by atoms with Crippen LogP contribution in [0.2, 0.25) is 0 Å². The molecule has 0 spiro atoms. The van der Waals surface area contributed by atoms with Gasteiger partial charge in [-0.15, -0.1) is 0 Å². The van der Waals surface area contributed by atoms with E-state index in [1.165, 1.54) is 11.1 Å². The summed E-state index contributed by atoms with van der Waals surface area (Å²) in [6, 6.07) is 20.4.